The molecule has 1 aliphatic rings. The van der Waals surface area contributed by atoms with Crippen LogP contribution in [0.5, 0.6) is 0 Å². The summed E-state index contributed by atoms with van der Waals surface area (Å²) < 4.78 is 0.127. The highest BCUT2D eigenvalue weighted by atomic mass is 16.4. The van der Waals surface area contributed by atoms with Crippen LogP contribution in [0.3, 0.4) is 0 Å². The molecule has 1 heterocycles. The van der Waals surface area contributed by atoms with E-state index in [0.717, 1.165) is 19.3 Å². The Morgan fingerprint density at radius 2 is 1.43 bits per heavy atom. The Bertz CT molecular complexity index is 372. The maximum atomic E-state index is 11.1. The van der Waals surface area contributed by atoms with Gasteiger partial charge < -0.3 is 24.3 Å². The van der Waals surface area contributed by atoms with Crippen LogP contribution in [-0.2, 0) is 9.59 Å². The first-order valence-corrected chi connectivity index (χ1v) is 9.28. The SMILES string of the molecule is CCCCCCCCCCCC[N+]1(CC(=O)[O-])CCC1C(=O)[O-]. The Morgan fingerprint density at radius 3 is 1.83 bits per heavy atom. The third-order valence-corrected chi connectivity index (χ3v) is 5.18. The molecule has 0 aromatic carbocycles. The van der Waals surface area contributed by atoms with Crippen LogP contribution < -0.4 is 10.2 Å². The van der Waals surface area contributed by atoms with Crippen LogP contribution >= 0.6 is 0 Å². The van der Waals surface area contributed by atoms with Crippen LogP contribution in [0, 0.1) is 0 Å². The summed E-state index contributed by atoms with van der Waals surface area (Å²) in [7, 11) is 0. The number of nitrogens with zero attached hydrogens (tertiary/aromatic N) is 1. The molecule has 1 fully saturated rings. The largest absolute Gasteiger partial charge is 0.544 e. The van der Waals surface area contributed by atoms with Crippen molar-refractivity contribution in [2.45, 2.75) is 83.6 Å². The first kappa shape index (κ1) is 19.9. The van der Waals surface area contributed by atoms with Crippen molar-refractivity contribution in [3.63, 3.8) is 0 Å². The van der Waals surface area contributed by atoms with Crippen molar-refractivity contribution in [2.75, 3.05) is 19.6 Å². The lowest BCUT2D eigenvalue weighted by Crippen LogP contribution is -2.72. The van der Waals surface area contributed by atoms with Gasteiger partial charge in [-0.2, -0.15) is 0 Å². The van der Waals surface area contributed by atoms with Crippen molar-refractivity contribution < 1.29 is 24.3 Å². The molecule has 0 aliphatic carbocycles. The van der Waals surface area contributed by atoms with Gasteiger partial charge in [0.15, 0.2) is 0 Å². The molecule has 1 saturated heterocycles. The van der Waals surface area contributed by atoms with E-state index in [2.05, 4.69) is 6.92 Å². The summed E-state index contributed by atoms with van der Waals surface area (Å²) in [4.78, 5) is 22.0. The number of carbonyl (C=O) groups excluding carboxylic acids is 2. The Morgan fingerprint density at radius 1 is 0.913 bits per heavy atom. The molecular formula is C18H32NO4-. The fourth-order valence-electron chi connectivity index (χ4n) is 3.67. The number of carbonyl (C=O) groups is 2. The number of unbranched alkanes of at least 4 members (excludes halogenated alkanes) is 9. The number of rotatable bonds is 14. The van der Waals surface area contributed by atoms with E-state index in [-0.39, 0.29) is 11.0 Å². The average Bonchev–Trinajstić information content (AvgIpc) is 2.45. The predicted molar refractivity (Wildman–Crippen MR) is 85.1 cm³/mol. The molecule has 5 nitrogen and oxygen atoms in total. The predicted octanol–water partition coefficient (Wildman–Crippen LogP) is 0.996. The van der Waals surface area contributed by atoms with Gasteiger partial charge in [-0.1, -0.05) is 58.3 Å². The summed E-state index contributed by atoms with van der Waals surface area (Å²) >= 11 is 0. The van der Waals surface area contributed by atoms with Gasteiger partial charge in [0.2, 0.25) is 0 Å². The molecule has 0 bridgehead atoms. The van der Waals surface area contributed by atoms with Crippen LogP contribution in [0.4, 0.5) is 0 Å². The monoisotopic (exact) mass is 326 g/mol. The zero-order chi connectivity index (χ0) is 17.1. The minimum atomic E-state index is -1.16. The minimum Gasteiger partial charge on any atom is -0.544 e. The highest BCUT2D eigenvalue weighted by molar-refractivity contribution is 5.72. The fraction of sp³-hybridized carbons (Fsp3) is 0.889. The molecule has 23 heavy (non-hydrogen) atoms. The quantitative estimate of drug-likeness (QED) is 0.352. The van der Waals surface area contributed by atoms with E-state index in [1.165, 1.54) is 44.9 Å². The second-order valence-electron chi connectivity index (χ2n) is 7.00. The molecule has 0 spiro atoms. The minimum absolute atomic E-state index is 0.127. The van der Waals surface area contributed by atoms with Gasteiger partial charge in [-0.05, 0) is 12.8 Å². The standard InChI is InChI=1S/C18H33NO4/c1-2-3-4-5-6-7-8-9-10-11-13-19(15-17(20)21)14-12-16(19)18(22)23/h16H,2-15H2,1H3,(H-,20,21,22,23)/p-1. The van der Waals surface area contributed by atoms with Crippen LogP contribution in [0.2, 0.25) is 0 Å². The molecule has 0 aromatic heterocycles. The molecule has 2 atom stereocenters. The Labute approximate surface area is 140 Å². The number of hydrogen-bond acceptors (Lipinski definition) is 4. The summed E-state index contributed by atoms with van der Waals surface area (Å²) in [6.45, 7) is 3.25. The lowest BCUT2D eigenvalue weighted by atomic mass is 9.95. The first-order chi connectivity index (χ1) is 11.0. The topological polar surface area (TPSA) is 80.3 Å². The third kappa shape index (κ3) is 6.90. The van der Waals surface area contributed by atoms with Gasteiger partial charge in [0.1, 0.15) is 12.6 Å². The van der Waals surface area contributed by atoms with E-state index < -0.39 is 18.0 Å². The Balaban J connectivity index is 2.14. The molecule has 1 aliphatic heterocycles. The van der Waals surface area contributed by atoms with Gasteiger partial charge >= 0.3 is 0 Å². The lowest BCUT2D eigenvalue weighted by molar-refractivity contribution is -0.977. The van der Waals surface area contributed by atoms with Crippen molar-refractivity contribution in [3.8, 4) is 0 Å². The molecular weight excluding hydrogens is 294 g/mol. The van der Waals surface area contributed by atoms with E-state index in [9.17, 15) is 19.8 Å². The Kier molecular flexibility index (Phi) is 9.22. The first-order valence-electron chi connectivity index (χ1n) is 9.28. The highest BCUT2D eigenvalue weighted by Crippen LogP contribution is 2.29. The number of quaternary nitrogens is 1. The molecule has 0 N–H and O–H groups in total. The third-order valence-electron chi connectivity index (χ3n) is 5.18. The van der Waals surface area contributed by atoms with Gasteiger partial charge in [0.05, 0.1) is 31.4 Å². The zero-order valence-corrected chi connectivity index (χ0v) is 14.6. The normalized spacial score (nSPS) is 23.4. The second-order valence-corrected chi connectivity index (χ2v) is 7.00. The summed E-state index contributed by atoms with van der Waals surface area (Å²) in [6, 6.07) is -0.661. The molecule has 0 aromatic rings. The van der Waals surface area contributed by atoms with E-state index >= 15 is 0 Å². The Hall–Kier alpha value is -1.10. The summed E-state index contributed by atoms with van der Waals surface area (Å²) in [5.41, 5.74) is 0. The van der Waals surface area contributed by atoms with Crippen LogP contribution in [0.1, 0.15) is 77.6 Å². The zero-order valence-electron chi connectivity index (χ0n) is 14.6. The fourth-order valence-corrected chi connectivity index (χ4v) is 3.67. The van der Waals surface area contributed by atoms with Crippen LogP contribution in [0.25, 0.3) is 0 Å². The van der Waals surface area contributed by atoms with Gasteiger partial charge in [-0.25, -0.2) is 0 Å². The number of carboxylic acids is 2. The smallest absolute Gasteiger partial charge is 0.135 e. The summed E-state index contributed by atoms with van der Waals surface area (Å²) in [5, 5.41) is 22.0. The van der Waals surface area contributed by atoms with E-state index in [4.69, 9.17) is 0 Å². The van der Waals surface area contributed by atoms with Crippen molar-refractivity contribution in [2.24, 2.45) is 0 Å². The summed E-state index contributed by atoms with van der Waals surface area (Å²) in [6.07, 6.45) is 12.7. The lowest BCUT2D eigenvalue weighted by Gasteiger charge is -2.53. The van der Waals surface area contributed by atoms with Crippen molar-refractivity contribution in [3.05, 3.63) is 0 Å². The van der Waals surface area contributed by atoms with Gasteiger partial charge in [0, 0.05) is 0 Å². The van der Waals surface area contributed by atoms with Gasteiger partial charge in [0.25, 0.3) is 0 Å². The van der Waals surface area contributed by atoms with Crippen LogP contribution in [0.15, 0.2) is 0 Å². The van der Waals surface area contributed by atoms with E-state index in [0.29, 0.717) is 19.5 Å². The molecule has 0 amide bonds. The second kappa shape index (κ2) is 10.6. The number of likely N-dealkylation sites (tertiary alicyclic amines) is 1. The highest BCUT2D eigenvalue weighted by Gasteiger charge is 2.46. The van der Waals surface area contributed by atoms with E-state index in [1.54, 1.807) is 0 Å². The van der Waals surface area contributed by atoms with E-state index in [1.807, 2.05) is 0 Å². The number of hydrogen-bond donors (Lipinski definition) is 0. The average molecular weight is 326 g/mol. The molecule has 1 rings (SSSR count). The molecule has 5 heteroatoms. The maximum Gasteiger partial charge on any atom is 0.135 e. The summed E-state index contributed by atoms with van der Waals surface area (Å²) in [5.74, 6) is -2.28. The van der Waals surface area contributed by atoms with Crippen LogP contribution in [-0.4, -0.2) is 42.1 Å². The van der Waals surface area contributed by atoms with Gasteiger partial charge in [-0.15, -0.1) is 0 Å². The molecule has 0 radical (unpaired) electrons. The number of carboxylic acid groups (broad SMARTS) is 2. The maximum absolute atomic E-state index is 11.1. The van der Waals surface area contributed by atoms with Crippen molar-refractivity contribution >= 4 is 11.9 Å². The van der Waals surface area contributed by atoms with Gasteiger partial charge in [-0.3, -0.25) is 0 Å². The molecule has 134 valence electrons. The molecule has 2 unspecified atom stereocenters. The van der Waals surface area contributed by atoms with Crippen molar-refractivity contribution in [1.82, 2.24) is 0 Å². The van der Waals surface area contributed by atoms with Crippen molar-refractivity contribution in [1.29, 1.82) is 0 Å². The number of aliphatic carboxylic acids is 2. The molecule has 0 saturated carbocycles.